The molecule has 1 saturated heterocycles. The molecule has 0 atom stereocenters. The Morgan fingerprint density at radius 1 is 1.60 bits per heavy atom. The first kappa shape index (κ1) is 9.94. The van der Waals surface area contributed by atoms with E-state index in [4.69, 9.17) is 10.4 Å². The Balaban J connectivity index is 2.21. The molecule has 0 radical (unpaired) electrons. The van der Waals surface area contributed by atoms with Crippen LogP contribution in [-0.4, -0.2) is 29.8 Å². The number of nitriles is 1. The Labute approximate surface area is 88.8 Å². The van der Waals surface area contributed by atoms with Gasteiger partial charge in [0, 0.05) is 31.3 Å². The lowest BCUT2D eigenvalue weighted by atomic mass is 10.0. The zero-order chi connectivity index (χ0) is 10.8. The highest BCUT2D eigenvalue weighted by molar-refractivity contribution is 5.55. The van der Waals surface area contributed by atoms with E-state index in [9.17, 15) is 0 Å². The molecule has 0 spiro atoms. The normalized spacial score (nSPS) is 15.9. The van der Waals surface area contributed by atoms with Gasteiger partial charge in [-0.05, 0) is 19.1 Å². The summed E-state index contributed by atoms with van der Waals surface area (Å²) in [7, 11) is 0. The monoisotopic (exact) mass is 203 g/mol. The Morgan fingerprint density at radius 2 is 2.33 bits per heavy atom. The number of aryl methyl sites for hydroxylation is 1. The second-order valence-corrected chi connectivity index (χ2v) is 3.89. The van der Waals surface area contributed by atoms with E-state index in [1.165, 1.54) is 0 Å². The van der Waals surface area contributed by atoms with Gasteiger partial charge >= 0.3 is 0 Å². The third kappa shape index (κ3) is 1.79. The lowest BCUT2D eigenvalue weighted by Crippen LogP contribution is -2.49. The number of pyridine rings is 1. The second-order valence-electron chi connectivity index (χ2n) is 3.89. The van der Waals surface area contributed by atoms with E-state index in [-0.39, 0.29) is 6.61 Å². The molecule has 1 fully saturated rings. The summed E-state index contributed by atoms with van der Waals surface area (Å²) in [6.45, 7) is 3.71. The van der Waals surface area contributed by atoms with Crippen molar-refractivity contribution in [2.24, 2.45) is 5.92 Å². The molecule has 2 rings (SSSR count). The number of aromatic nitrogens is 1. The van der Waals surface area contributed by atoms with Crippen molar-refractivity contribution in [3.8, 4) is 6.07 Å². The van der Waals surface area contributed by atoms with Crippen molar-refractivity contribution in [1.82, 2.24) is 4.98 Å². The summed E-state index contributed by atoms with van der Waals surface area (Å²) in [5, 5.41) is 17.9. The van der Waals surface area contributed by atoms with Gasteiger partial charge in [-0.3, -0.25) is 0 Å². The van der Waals surface area contributed by atoms with Crippen LogP contribution in [0.25, 0.3) is 0 Å². The summed E-state index contributed by atoms with van der Waals surface area (Å²) < 4.78 is 0. The van der Waals surface area contributed by atoms with Crippen LogP contribution in [0.2, 0.25) is 0 Å². The largest absolute Gasteiger partial charge is 0.396 e. The number of anilines is 1. The van der Waals surface area contributed by atoms with Crippen LogP contribution in [0.3, 0.4) is 0 Å². The van der Waals surface area contributed by atoms with Crippen LogP contribution in [0.1, 0.15) is 11.3 Å². The highest BCUT2D eigenvalue weighted by Crippen LogP contribution is 2.25. The zero-order valence-corrected chi connectivity index (χ0v) is 8.64. The van der Waals surface area contributed by atoms with Crippen molar-refractivity contribution >= 4 is 5.82 Å². The molecule has 1 aromatic heterocycles. The van der Waals surface area contributed by atoms with E-state index in [2.05, 4.69) is 11.1 Å². The smallest absolute Gasteiger partial charge is 0.146 e. The van der Waals surface area contributed by atoms with Gasteiger partial charge in [-0.1, -0.05) is 0 Å². The fourth-order valence-electron chi connectivity index (χ4n) is 1.73. The summed E-state index contributed by atoms with van der Waals surface area (Å²) in [5.41, 5.74) is 1.52. The van der Waals surface area contributed by atoms with Crippen molar-refractivity contribution in [3.05, 3.63) is 23.4 Å². The number of hydrogen-bond donors (Lipinski definition) is 1. The molecule has 4 nitrogen and oxygen atoms in total. The molecule has 4 heteroatoms. The molecule has 1 aliphatic heterocycles. The van der Waals surface area contributed by atoms with E-state index in [1.54, 1.807) is 6.07 Å². The maximum Gasteiger partial charge on any atom is 0.146 e. The van der Waals surface area contributed by atoms with Crippen molar-refractivity contribution < 1.29 is 5.11 Å². The maximum absolute atomic E-state index is 8.93. The first-order valence-corrected chi connectivity index (χ1v) is 4.98. The van der Waals surface area contributed by atoms with E-state index in [0.717, 1.165) is 24.6 Å². The molecule has 2 heterocycles. The zero-order valence-electron chi connectivity index (χ0n) is 8.64. The summed E-state index contributed by atoms with van der Waals surface area (Å²) >= 11 is 0. The molecule has 78 valence electrons. The predicted molar refractivity (Wildman–Crippen MR) is 56.5 cm³/mol. The predicted octanol–water partition coefficient (Wildman–Crippen LogP) is 0.690. The molecule has 1 aromatic rings. The third-order valence-electron chi connectivity index (χ3n) is 2.65. The maximum atomic E-state index is 8.93. The molecule has 15 heavy (non-hydrogen) atoms. The van der Waals surface area contributed by atoms with Gasteiger partial charge < -0.3 is 10.0 Å². The molecule has 0 amide bonds. The Kier molecular flexibility index (Phi) is 2.57. The van der Waals surface area contributed by atoms with E-state index in [0.29, 0.717) is 11.5 Å². The van der Waals surface area contributed by atoms with E-state index < -0.39 is 0 Å². The van der Waals surface area contributed by atoms with Crippen molar-refractivity contribution in [2.75, 3.05) is 24.6 Å². The average molecular weight is 203 g/mol. The Bertz CT molecular complexity index is 405. The highest BCUT2D eigenvalue weighted by atomic mass is 16.3. The molecule has 0 aromatic carbocycles. The number of aliphatic hydroxyl groups excluding tert-OH is 1. The van der Waals surface area contributed by atoms with Crippen LogP contribution in [0.15, 0.2) is 12.1 Å². The second kappa shape index (κ2) is 3.87. The SMILES string of the molecule is Cc1ccc(C#N)c(N2CC(CO)C2)n1. The van der Waals surface area contributed by atoms with Gasteiger partial charge in [0.1, 0.15) is 11.9 Å². The number of aliphatic hydroxyl groups is 1. The van der Waals surface area contributed by atoms with Crippen molar-refractivity contribution in [3.63, 3.8) is 0 Å². The molecule has 0 bridgehead atoms. The number of rotatable bonds is 2. The minimum atomic E-state index is 0.213. The molecular formula is C11H13N3O. The minimum Gasteiger partial charge on any atom is -0.396 e. The Morgan fingerprint density at radius 3 is 2.93 bits per heavy atom. The first-order chi connectivity index (χ1) is 7.24. The van der Waals surface area contributed by atoms with Crippen LogP contribution < -0.4 is 4.90 Å². The minimum absolute atomic E-state index is 0.213. The quantitative estimate of drug-likeness (QED) is 0.768. The van der Waals surface area contributed by atoms with E-state index >= 15 is 0 Å². The fraction of sp³-hybridized carbons (Fsp3) is 0.455. The van der Waals surface area contributed by atoms with E-state index in [1.807, 2.05) is 17.9 Å². The molecule has 0 aliphatic carbocycles. The van der Waals surface area contributed by atoms with Crippen LogP contribution in [0.5, 0.6) is 0 Å². The van der Waals surface area contributed by atoms with Gasteiger partial charge in [0.2, 0.25) is 0 Å². The summed E-state index contributed by atoms with van der Waals surface area (Å²) in [5.74, 6) is 1.08. The summed E-state index contributed by atoms with van der Waals surface area (Å²) in [6, 6.07) is 5.77. The standard InChI is InChI=1S/C11H13N3O/c1-8-2-3-10(4-12)11(13-8)14-5-9(6-14)7-15/h2-3,9,15H,5-7H2,1H3. The topological polar surface area (TPSA) is 60.2 Å². The van der Waals surface area contributed by atoms with Gasteiger partial charge in [0.05, 0.1) is 5.56 Å². The highest BCUT2D eigenvalue weighted by Gasteiger charge is 2.28. The molecule has 0 saturated carbocycles. The van der Waals surface area contributed by atoms with Crippen LogP contribution in [-0.2, 0) is 0 Å². The molecule has 1 N–H and O–H groups in total. The van der Waals surface area contributed by atoms with Crippen molar-refractivity contribution in [2.45, 2.75) is 6.92 Å². The van der Waals surface area contributed by atoms with Gasteiger partial charge in [-0.25, -0.2) is 4.98 Å². The van der Waals surface area contributed by atoms with Gasteiger partial charge in [-0.15, -0.1) is 0 Å². The summed E-state index contributed by atoms with van der Waals surface area (Å²) in [4.78, 5) is 6.39. The summed E-state index contributed by atoms with van der Waals surface area (Å²) in [6.07, 6.45) is 0. The third-order valence-corrected chi connectivity index (χ3v) is 2.65. The lowest BCUT2D eigenvalue weighted by Gasteiger charge is -2.39. The van der Waals surface area contributed by atoms with Crippen LogP contribution in [0, 0.1) is 24.2 Å². The fourth-order valence-corrected chi connectivity index (χ4v) is 1.73. The number of nitrogens with zero attached hydrogens (tertiary/aromatic N) is 3. The van der Waals surface area contributed by atoms with Gasteiger partial charge in [-0.2, -0.15) is 5.26 Å². The van der Waals surface area contributed by atoms with Gasteiger partial charge in [0.15, 0.2) is 0 Å². The van der Waals surface area contributed by atoms with Crippen LogP contribution in [0.4, 0.5) is 5.82 Å². The van der Waals surface area contributed by atoms with Gasteiger partial charge in [0.25, 0.3) is 0 Å². The molecular weight excluding hydrogens is 190 g/mol. The lowest BCUT2D eigenvalue weighted by molar-refractivity contribution is 0.200. The Hall–Kier alpha value is -1.60. The average Bonchev–Trinajstić information content (AvgIpc) is 2.16. The molecule has 1 aliphatic rings. The number of hydrogen-bond acceptors (Lipinski definition) is 4. The van der Waals surface area contributed by atoms with Crippen molar-refractivity contribution in [1.29, 1.82) is 5.26 Å². The van der Waals surface area contributed by atoms with Crippen LogP contribution >= 0.6 is 0 Å². The molecule has 0 unspecified atom stereocenters. The first-order valence-electron chi connectivity index (χ1n) is 4.98.